The summed E-state index contributed by atoms with van der Waals surface area (Å²) in [4.78, 5) is 23.1. The van der Waals surface area contributed by atoms with E-state index in [4.69, 9.17) is 13.9 Å². The first kappa shape index (κ1) is 15.7. The minimum Gasteiger partial charge on any atom is -0.482 e. The summed E-state index contributed by atoms with van der Waals surface area (Å²) in [5.74, 6) is -0.312. The second-order valence-electron chi connectivity index (χ2n) is 5.12. The van der Waals surface area contributed by atoms with Crippen molar-refractivity contribution in [2.45, 2.75) is 6.92 Å². The maximum Gasteiger partial charge on any atom is 0.349 e. The number of esters is 1. The summed E-state index contributed by atoms with van der Waals surface area (Å²) < 4.78 is 28.3. The first-order valence-corrected chi connectivity index (χ1v) is 7.15. The Morgan fingerprint density at radius 3 is 2.54 bits per heavy atom. The number of benzene rings is 2. The molecular weight excluding hydrogens is 315 g/mol. The first-order chi connectivity index (χ1) is 11.5. The molecule has 2 aromatic carbocycles. The van der Waals surface area contributed by atoms with Gasteiger partial charge in [-0.15, -0.1) is 0 Å². The molecule has 0 fully saturated rings. The van der Waals surface area contributed by atoms with Gasteiger partial charge in [-0.25, -0.2) is 14.0 Å². The minimum atomic E-state index is -0.603. The Labute approximate surface area is 136 Å². The van der Waals surface area contributed by atoms with E-state index in [1.54, 1.807) is 19.1 Å². The smallest absolute Gasteiger partial charge is 0.349 e. The molecule has 24 heavy (non-hydrogen) atoms. The molecule has 122 valence electrons. The molecule has 0 bridgehead atoms. The van der Waals surface area contributed by atoms with Crippen molar-refractivity contribution >= 4 is 16.9 Å². The number of carbonyl (C=O) groups is 1. The molecule has 0 spiro atoms. The minimum absolute atomic E-state index is 0.312. The predicted molar refractivity (Wildman–Crippen MR) is 84.8 cm³/mol. The Morgan fingerprint density at radius 2 is 1.79 bits per heavy atom. The van der Waals surface area contributed by atoms with Crippen LogP contribution in [0.1, 0.15) is 5.56 Å². The highest BCUT2D eigenvalue weighted by molar-refractivity contribution is 5.83. The van der Waals surface area contributed by atoms with Crippen LogP contribution in [-0.2, 0) is 4.79 Å². The second-order valence-corrected chi connectivity index (χ2v) is 5.12. The molecular formula is C18H13FO5. The van der Waals surface area contributed by atoms with Gasteiger partial charge in [0.15, 0.2) is 6.61 Å². The van der Waals surface area contributed by atoms with Gasteiger partial charge in [0.05, 0.1) is 0 Å². The highest BCUT2D eigenvalue weighted by Crippen LogP contribution is 2.22. The first-order valence-electron chi connectivity index (χ1n) is 7.15. The molecule has 0 aliphatic carbocycles. The lowest BCUT2D eigenvalue weighted by Crippen LogP contribution is -2.17. The standard InChI is InChI=1S/C18H13FO5/c1-11-8-17(20)24-16-7-6-14(9-15(11)16)23-18(21)10-22-13-4-2-12(19)3-5-13/h2-9H,10H2,1H3. The zero-order valence-electron chi connectivity index (χ0n) is 12.7. The van der Waals surface area contributed by atoms with Crippen molar-refractivity contribution in [1.82, 2.24) is 0 Å². The molecule has 0 atom stereocenters. The summed E-state index contributed by atoms with van der Waals surface area (Å²) in [5.41, 5.74) is 0.710. The molecule has 0 aliphatic heterocycles. The van der Waals surface area contributed by atoms with Gasteiger partial charge in [-0.3, -0.25) is 0 Å². The molecule has 0 aliphatic rings. The number of fused-ring (bicyclic) bond motifs is 1. The van der Waals surface area contributed by atoms with Gasteiger partial charge in [0, 0.05) is 11.5 Å². The maximum atomic E-state index is 12.8. The van der Waals surface area contributed by atoms with Gasteiger partial charge in [-0.2, -0.15) is 0 Å². The number of ether oxygens (including phenoxy) is 2. The van der Waals surface area contributed by atoms with Crippen molar-refractivity contribution in [2.75, 3.05) is 6.61 Å². The molecule has 0 amide bonds. The SMILES string of the molecule is Cc1cc(=O)oc2ccc(OC(=O)COc3ccc(F)cc3)cc12. The van der Waals surface area contributed by atoms with Crippen LogP contribution < -0.4 is 15.1 Å². The monoisotopic (exact) mass is 328 g/mol. The van der Waals surface area contributed by atoms with Crippen LogP contribution in [0.5, 0.6) is 11.5 Å². The van der Waals surface area contributed by atoms with E-state index in [1.807, 2.05) is 0 Å². The van der Waals surface area contributed by atoms with Crippen LogP contribution in [0.25, 0.3) is 11.0 Å². The Morgan fingerprint density at radius 1 is 1.08 bits per heavy atom. The number of hydrogen-bond donors (Lipinski definition) is 0. The Balaban J connectivity index is 1.69. The molecule has 5 nitrogen and oxygen atoms in total. The molecule has 0 radical (unpaired) electrons. The largest absolute Gasteiger partial charge is 0.482 e. The maximum absolute atomic E-state index is 12.8. The van der Waals surface area contributed by atoms with E-state index in [0.717, 1.165) is 5.56 Å². The molecule has 0 unspecified atom stereocenters. The summed E-state index contributed by atoms with van der Waals surface area (Å²) in [6.07, 6.45) is 0. The van der Waals surface area contributed by atoms with Crippen molar-refractivity contribution in [1.29, 1.82) is 0 Å². The van der Waals surface area contributed by atoms with Crippen LogP contribution in [0.2, 0.25) is 0 Å². The van der Waals surface area contributed by atoms with Gasteiger partial charge in [0.25, 0.3) is 0 Å². The van der Waals surface area contributed by atoms with Crippen molar-refractivity contribution in [3.63, 3.8) is 0 Å². The number of halogens is 1. The number of rotatable bonds is 4. The van der Waals surface area contributed by atoms with Gasteiger partial charge < -0.3 is 13.9 Å². The van der Waals surface area contributed by atoms with Crippen LogP contribution in [0, 0.1) is 12.7 Å². The normalized spacial score (nSPS) is 10.6. The third kappa shape index (κ3) is 3.60. The fourth-order valence-electron chi connectivity index (χ4n) is 2.20. The van der Waals surface area contributed by atoms with Gasteiger partial charge in [0.1, 0.15) is 22.9 Å². The summed E-state index contributed by atoms with van der Waals surface area (Å²) in [5, 5.41) is 0.680. The van der Waals surface area contributed by atoms with Crippen molar-refractivity contribution in [2.24, 2.45) is 0 Å². The molecule has 3 aromatic rings. The van der Waals surface area contributed by atoms with Gasteiger partial charge in [0.2, 0.25) is 0 Å². The average molecular weight is 328 g/mol. The molecule has 3 rings (SSSR count). The molecule has 0 saturated heterocycles. The Hall–Kier alpha value is -3.15. The van der Waals surface area contributed by atoms with E-state index in [0.29, 0.717) is 22.5 Å². The molecule has 1 aromatic heterocycles. The number of carbonyl (C=O) groups excluding carboxylic acids is 1. The van der Waals surface area contributed by atoms with Crippen molar-refractivity contribution < 1.29 is 23.1 Å². The number of aryl methyl sites for hydroxylation is 1. The zero-order valence-corrected chi connectivity index (χ0v) is 12.7. The van der Waals surface area contributed by atoms with E-state index in [2.05, 4.69) is 0 Å². The lowest BCUT2D eigenvalue weighted by molar-refractivity contribution is -0.136. The Bertz CT molecular complexity index is 944. The fraction of sp³-hybridized carbons (Fsp3) is 0.111. The van der Waals surface area contributed by atoms with E-state index in [-0.39, 0.29) is 12.4 Å². The van der Waals surface area contributed by atoms with Crippen LogP contribution in [-0.4, -0.2) is 12.6 Å². The molecule has 0 N–H and O–H groups in total. The lowest BCUT2D eigenvalue weighted by Gasteiger charge is -2.08. The molecule has 6 heteroatoms. The van der Waals surface area contributed by atoms with Gasteiger partial charge in [-0.1, -0.05) is 0 Å². The fourth-order valence-corrected chi connectivity index (χ4v) is 2.20. The van der Waals surface area contributed by atoms with Crippen molar-refractivity contribution in [3.05, 3.63) is 70.3 Å². The lowest BCUT2D eigenvalue weighted by atomic mass is 10.1. The van der Waals surface area contributed by atoms with Crippen LogP contribution in [0.3, 0.4) is 0 Å². The number of hydrogen-bond acceptors (Lipinski definition) is 5. The highest BCUT2D eigenvalue weighted by atomic mass is 19.1. The van der Waals surface area contributed by atoms with Crippen molar-refractivity contribution in [3.8, 4) is 11.5 Å². The summed E-state index contributed by atoms with van der Waals surface area (Å²) in [6, 6.07) is 11.4. The summed E-state index contributed by atoms with van der Waals surface area (Å²) in [7, 11) is 0. The van der Waals surface area contributed by atoms with Crippen LogP contribution >= 0.6 is 0 Å². The van der Waals surface area contributed by atoms with E-state index in [1.165, 1.54) is 36.4 Å². The molecule has 1 heterocycles. The average Bonchev–Trinajstić information content (AvgIpc) is 2.55. The summed E-state index contributed by atoms with van der Waals surface area (Å²) in [6.45, 7) is 1.45. The van der Waals surface area contributed by atoms with Crippen LogP contribution in [0.4, 0.5) is 4.39 Å². The predicted octanol–water partition coefficient (Wildman–Crippen LogP) is 3.22. The third-order valence-electron chi connectivity index (χ3n) is 3.32. The zero-order chi connectivity index (χ0) is 17.1. The Kier molecular flexibility index (Phi) is 4.29. The third-order valence-corrected chi connectivity index (χ3v) is 3.32. The summed E-state index contributed by atoms with van der Waals surface area (Å²) >= 11 is 0. The van der Waals surface area contributed by atoms with E-state index < -0.39 is 11.6 Å². The van der Waals surface area contributed by atoms with Crippen LogP contribution in [0.15, 0.2) is 57.7 Å². The van der Waals surface area contributed by atoms with Gasteiger partial charge >= 0.3 is 11.6 Å². The second kappa shape index (κ2) is 6.54. The highest BCUT2D eigenvalue weighted by Gasteiger charge is 2.09. The quantitative estimate of drug-likeness (QED) is 0.418. The van der Waals surface area contributed by atoms with Gasteiger partial charge in [-0.05, 0) is 55.0 Å². The van der Waals surface area contributed by atoms with E-state index in [9.17, 15) is 14.0 Å². The molecule has 0 saturated carbocycles. The van der Waals surface area contributed by atoms with E-state index >= 15 is 0 Å². The topological polar surface area (TPSA) is 65.7 Å².